The molecule has 0 fully saturated rings. The minimum Gasteiger partial charge on any atom is -0.265 e. The maximum Gasteiger partial charge on any atom is 0.243 e. The van der Waals surface area contributed by atoms with Crippen molar-refractivity contribution in [3.05, 3.63) is 59.4 Å². The number of likely N-dealkylation sites (N-methyl/N-ethyl adjacent to an activating group) is 1. The fraction of sp³-hybridized carbons (Fsp3) is 0.312. The van der Waals surface area contributed by atoms with Gasteiger partial charge in [-0.1, -0.05) is 12.1 Å². The van der Waals surface area contributed by atoms with Crippen LogP contribution in [-0.4, -0.2) is 31.3 Å². The molecule has 2 rings (SSSR count). The van der Waals surface area contributed by atoms with Crippen molar-refractivity contribution in [3.8, 4) is 0 Å². The van der Waals surface area contributed by atoms with Gasteiger partial charge in [0, 0.05) is 26.0 Å². The molecule has 4 nitrogen and oxygen atoms in total. The van der Waals surface area contributed by atoms with Crippen molar-refractivity contribution in [1.82, 2.24) is 9.29 Å². The zero-order valence-corrected chi connectivity index (χ0v) is 13.4. The highest BCUT2D eigenvalue weighted by atomic mass is 32.2. The van der Waals surface area contributed by atoms with Crippen LogP contribution >= 0.6 is 0 Å². The van der Waals surface area contributed by atoms with Crippen LogP contribution in [0.25, 0.3) is 0 Å². The molecule has 112 valence electrons. The molecule has 0 atom stereocenters. The summed E-state index contributed by atoms with van der Waals surface area (Å²) in [6.07, 6.45) is 4.10. The van der Waals surface area contributed by atoms with Crippen LogP contribution in [0, 0.1) is 13.8 Å². The summed E-state index contributed by atoms with van der Waals surface area (Å²) in [5.74, 6) is 0. The standard InChI is InChI=1S/C16H20N2O2S/c1-13-4-5-14(2)16(12-13)21(19,20)18(3)11-8-15-6-9-17-10-7-15/h4-7,9-10,12H,8,11H2,1-3H3. The van der Waals surface area contributed by atoms with Crippen LogP contribution in [-0.2, 0) is 16.4 Å². The van der Waals surface area contributed by atoms with Crippen LogP contribution in [0.3, 0.4) is 0 Å². The molecule has 21 heavy (non-hydrogen) atoms. The maximum absolute atomic E-state index is 12.6. The third-order valence-corrected chi connectivity index (χ3v) is 5.50. The molecule has 0 saturated heterocycles. The van der Waals surface area contributed by atoms with E-state index in [1.807, 2.05) is 38.1 Å². The highest BCUT2D eigenvalue weighted by molar-refractivity contribution is 7.89. The van der Waals surface area contributed by atoms with Crippen molar-refractivity contribution >= 4 is 10.0 Å². The van der Waals surface area contributed by atoms with Gasteiger partial charge < -0.3 is 0 Å². The summed E-state index contributed by atoms with van der Waals surface area (Å²) in [4.78, 5) is 4.35. The van der Waals surface area contributed by atoms with Gasteiger partial charge in [0.05, 0.1) is 4.90 Å². The highest BCUT2D eigenvalue weighted by Gasteiger charge is 2.22. The zero-order chi connectivity index (χ0) is 15.5. The Bertz CT molecular complexity index is 712. The second kappa shape index (κ2) is 6.37. The third-order valence-electron chi connectivity index (χ3n) is 3.50. The lowest BCUT2D eigenvalue weighted by Crippen LogP contribution is -2.29. The lowest BCUT2D eigenvalue weighted by molar-refractivity contribution is 0.472. The van der Waals surface area contributed by atoms with E-state index >= 15 is 0 Å². The predicted molar refractivity (Wildman–Crippen MR) is 83.7 cm³/mol. The van der Waals surface area contributed by atoms with Crippen molar-refractivity contribution < 1.29 is 8.42 Å². The maximum atomic E-state index is 12.6. The lowest BCUT2D eigenvalue weighted by Gasteiger charge is -2.19. The number of pyridine rings is 1. The molecule has 0 bridgehead atoms. The Balaban J connectivity index is 2.17. The molecule has 0 radical (unpaired) electrons. The van der Waals surface area contributed by atoms with Crippen LogP contribution in [0.15, 0.2) is 47.6 Å². The number of hydrogen-bond acceptors (Lipinski definition) is 3. The Morgan fingerprint density at radius 3 is 2.43 bits per heavy atom. The zero-order valence-electron chi connectivity index (χ0n) is 12.6. The van der Waals surface area contributed by atoms with Gasteiger partial charge >= 0.3 is 0 Å². The summed E-state index contributed by atoms with van der Waals surface area (Å²) in [6.45, 7) is 4.16. The van der Waals surface area contributed by atoms with Gasteiger partial charge in [0.1, 0.15) is 0 Å². The molecule has 0 amide bonds. The molecular weight excluding hydrogens is 284 g/mol. The summed E-state index contributed by atoms with van der Waals surface area (Å²) >= 11 is 0. The van der Waals surface area contributed by atoms with Gasteiger partial charge in [0.2, 0.25) is 10.0 Å². The van der Waals surface area contributed by atoms with Gasteiger partial charge in [-0.15, -0.1) is 0 Å². The van der Waals surface area contributed by atoms with Crippen LogP contribution < -0.4 is 0 Å². The van der Waals surface area contributed by atoms with E-state index in [0.29, 0.717) is 17.9 Å². The van der Waals surface area contributed by atoms with Crippen LogP contribution in [0.4, 0.5) is 0 Å². The number of sulfonamides is 1. The summed E-state index contributed by atoms with van der Waals surface area (Å²) in [5, 5.41) is 0. The predicted octanol–water partition coefficient (Wildman–Crippen LogP) is 2.56. The first-order chi connectivity index (χ1) is 9.91. The van der Waals surface area contributed by atoms with Crippen molar-refractivity contribution in [1.29, 1.82) is 0 Å². The number of rotatable bonds is 5. The molecule has 1 heterocycles. The second-order valence-corrected chi connectivity index (χ2v) is 7.21. The second-order valence-electron chi connectivity index (χ2n) is 5.20. The summed E-state index contributed by atoms with van der Waals surface area (Å²) < 4.78 is 26.7. The Morgan fingerprint density at radius 2 is 1.76 bits per heavy atom. The minimum atomic E-state index is -3.44. The number of aromatic nitrogens is 1. The molecule has 1 aromatic heterocycles. The van der Waals surface area contributed by atoms with Crippen LogP contribution in [0.5, 0.6) is 0 Å². The Kier molecular flexibility index (Phi) is 4.75. The van der Waals surface area contributed by atoms with Crippen molar-refractivity contribution in [2.45, 2.75) is 25.2 Å². The summed E-state index contributed by atoms with van der Waals surface area (Å²) in [7, 11) is -1.82. The molecule has 0 N–H and O–H groups in total. The van der Waals surface area contributed by atoms with Crippen LogP contribution in [0.1, 0.15) is 16.7 Å². The molecule has 1 aromatic carbocycles. The van der Waals surface area contributed by atoms with E-state index in [2.05, 4.69) is 4.98 Å². The summed E-state index contributed by atoms with van der Waals surface area (Å²) in [5.41, 5.74) is 2.80. The molecular formula is C16H20N2O2S. The monoisotopic (exact) mass is 304 g/mol. The molecule has 0 spiro atoms. The lowest BCUT2D eigenvalue weighted by atomic mass is 10.2. The molecule has 0 aliphatic rings. The minimum absolute atomic E-state index is 0.389. The van der Waals surface area contributed by atoms with Crippen LogP contribution in [0.2, 0.25) is 0 Å². The van der Waals surface area contributed by atoms with E-state index in [-0.39, 0.29) is 0 Å². The molecule has 5 heteroatoms. The fourth-order valence-corrected chi connectivity index (χ4v) is 3.59. The number of hydrogen-bond donors (Lipinski definition) is 0. The van der Waals surface area contributed by atoms with E-state index < -0.39 is 10.0 Å². The van der Waals surface area contributed by atoms with Crippen molar-refractivity contribution in [2.24, 2.45) is 0 Å². The molecule has 2 aromatic rings. The Labute approximate surface area is 126 Å². The normalized spacial score (nSPS) is 11.8. The van der Waals surface area contributed by atoms with Gasteiger partial charge in [0.15, 0.2) is 0 Å². The summed E-state index contributed by atoms with van der Waals surface area (Å²) in [6, 6.07) is 9.30. The van der Waals surface area contributed by atoms with Gasteiger partial charge in [-0.2, -0.15) is 0 Å². The number of benzene rings is 1. The van der Waals surface area contributed by atoms with Gasteiger partial charge in [-0.25, -0.2) is 12.7 Å². The Morgan fingerprint density at radius 1 is 1.10 bits per heavy atom. The molecule has 0 aliphatic carbocycles. The molecule has 0 aliphatic heterocycles. The third kappa shape index (κ3) is 3.68. The smallest absolute Gasteiger partial charge is 0.243 e. The first-order valence-electron chi connectivity index (χ1n) is 6.84. The SMILES string of the molecule is Cc1ccc(C)c(S(=O)(=O)N(C)CCc2ccncc2)c1. The fourth-order valence-electron chi connectivity index (χ4n) is 2.11. The average Bonchev–Trinajstić information content (AvgIpc) is 2.48. The Hall–Kier alpha value is -1.72. The average molecular weight is 304 g/mol. The number of aryl methyl sites for hydroxylation is 2. The van der Waals surface area contributed by atoms with E-state index in [1.54, 1.807) is 25.5 Å². The molecule has 0 saturated carbocycles. The van der Waals surface area contributed by atoms with E-state index in [4.69, 9.17) is 0 Å². The van der Waals surface area contributed by atoms with E-state index in [9.17, 15) is 8.42 Å². The van der Waals surface area contributed by atoms with E-state index in [0.717, 1.165) is 16.7 Å². The van der Waals surface area contributed by atoms with E-state index in [1.165, 1.54) is 4.31 Å². The van der Waals surface area contributed by atoms with Gasteiger partial charge in [-0.3, -0.25) is 4.98 Å². The van der Waals surface area contributed by atoms with Gasteiger partial charge in [0.25, 0.3) is 0 Å². The topological polar surface area (TPSA) is 50.3 Å². The first-order valence-corrected chi connectivity index (χ1v) is 8.28. The highest BCUT2D eigenvalue weighted by Crippen LogP contribution is 2.20. The first kappa shape index (κ1) is 15.7. The van der Waals surface area contributed by atoms with Crippen molar-refractivity contribution in [2.75, 3.05) is 13.6 Å². The number of nitrogens with zero attached hydrogens (tertiary/aromatic N) is 2. The van der Waals surface area contributed by atoms with Crippen molar-refractivity contribution in [3.63, 3.8) is 0 Å². The largest absolute Gasteiger partial charge is 0.265 e. The van der Waals surface area contributed by atoms with Gasteiger partial charge in [-0.05, 0) is 55.2 Å². The quantitative estimate of drug-likeness (QED) is 0.853. The molecule has 0 unspecified atom stereocenters.